The van der Waals surface area contributed by atoms with Crippen molar-refractivity contribution in [3.63, 3.8) is 0 Å². The lowest BCUT2D eigenvalue weighted by Gasteiger charge is -2.11. The largest absolute Gasteiger partial charge is 0.346 e. The summed E-state index contributed by atoms with van der Waals surface area (Å²) in [6.07, 6.45) is 5.10. The summed E-state index contributed by atoms with van der Waals surface area (Å²) >= 11 is 6.11. The minimum Gasteiger partial charge on any atom is -0.346 e. The van der Waals surface area contributed by atoms with Gasteiger partial charge in [0.2, 0.25) is 10.0 Å². The van der Waals surface area contributed by atoms with Crippen molar-refractivity contribution >= 4 is 38.3 Å². The molecule has 0 amide bonds. The van der Waals surface area contributed by atoms with E-state index < -0.39 is 10.0 Å². The summed E-state index contributed by atoms with van der Waals surface area (Å²) in [4.78, 5) is 11.5. The summed E-state index contributed by atoms with van der Waals surface area (Å²) in [6, 6.07) is 14.5. The highest BCUT2D eigenvalue weighted by molar-refractivity contribution is 7.91. The SMILES string of the molecule is O=S(=O)(Cc1ccccc1)Nc1cc(-c2cnc3[nH]ccc3c2)cnc1Cl. The Morgan fingerprint density at radius 3 is 2.56 bits per heavy atom. The molecule has 0 saturated heterocycles. The Balaban J connectivity index is 1.64. The monoisotopic (exact) mass is 398 g/mol. The average Bonchev–Trinajstić information content (AvgIpc) is 3.11. The highest BCUT2D eigenvalue weighted by atomic mass is 35.5. The van der Waals surface area contributed by atoms with E-state index in [4.69, 9.17) is 11.6 Å². The molecule has 0 fully saturated rings. The van der Waals surface area contributed by atoms with Gasteiger partial charge < -0.3 is 4.98 Å². The van der Waals surface area contributed by atoms with E-state index in [1.807, 2.05) is 24.4 Å². The second kappa shape index (κ2) is 7.02. The summed E-state index contributed by atoms with van der Waals surface area (Å²) in [5.41, 5.74) is 3.23. The van der Waals surface area contributed by atoms with E-state index in [-0.39, 0.29) is 16.6 Å². The molecule has 1 aromatic carbocycles. The van der Waals surface area contributed by atoms with Gasteiger partial charge >= 0.3 is 0 Å². The number of hydrogen-bond acceptors (Lipinski definition) is 4. The number of rotatable bonds is 5. The summed E-state index contributed by atoms with van der Waals surface area (Å²) in [6.45, 7) is 0. The second-order valence-corrected chi connectivity index (χ2v) is 8.13. The number of pyridine rings is 2. The lowest BCUT2D eigenvalue weighted by atomic mass is 10.1. The number of anilines is 1. The number of aromatic nitrogens is 3. The molecule has 4 rings (SSSR count). The van der Waals surface area contributed by atoms with Crippen LogP contribution >= 0.6 is 11.6 Å². The number of nitrogens with zero attached hydrogens (tertiary/aromatic N) is 2. The predicted octanol–water partition coefficient (Wildman–Crippen LogP) is 4.22. The maximum absolute atomic E-state index is 12.5. The molecule has 4 aromatic rings. The zero-order chi connectivity index (χ0) is 18.9. The van der Waals surface area contributed by atoms with Gasteiger partial charge in [-0.1, -0.05) is 41.9 Å². The lowest BCUT2D eigenvalue weighted by Crippen LogP contribution is -2.15. The van der Waals surface area contributed by atoms with Crippen LogP contribution in [0.4, 0.5) is 5.69 Å². The van der Waals surface area contributed by atoms with Crippen LogP contribution in [-0.2, 0) is 15.8 Å². The number of aromatic amines is 1. The van der Waals surface area contributed by atoms with Crippen molar-refractivity contribution in [2.75, 3.05) is 4.72 Å². The quantitative estimate of drug-likeness (QED) is 0.492. The molecule has 27 heavy (non-hydrogen) atoms. The Labute approximate surface area is 161 Å². The molecule has 6 nitrogen and oxygen atoms in total. The minimum atomic E-state index is -3.63. The highest BCUT2D eigenvalue weighted by Gasteiger charge is 2.15. The number of sulfonamides is 1. The molecular weight excluding hydrogens is 384 g/mol. The van der Waals surface area contributed by atoms with Crippen molar-refractivity contribution in [3.8, 4) is 11.1 Å². The molecule has 0 aliphatic heterocycles. The van der Waals surface area contributed by atoms with Crippen molar-refractivity contribution in [1.82, 2.24) is 15.0 Å². The normalized spacial score (nSPS) is 11.6. The Kier molecular flexibility index (Phi) is 4.55. The highest BCUT2D eigenvalue weighted by Crippen LogP contribution is 2.29. The van der Waals surface area contributed by atoms with E-state index in [0.717, 1.165) is 16.6 Å². The van der Waals surface area contributed by atoms with Gasteiger partial charge in [-0.05, 0) is 23.8 Å². The first-order valence-electron chi connectivity index (χ1n) is 8.14. The number of benzene rings is 1. The number of fused-ring (bicyclic) bond motifs is 1. The van der Waals surface area contributed by atoms with Crippen molar-refractivity contribution in [2.45, 2.75) is 5.75 Å². The molecule has 8 heteroatoms. The Hall–Kier alpha value is -2.90. The summed E-state index contributed by atoms with van der Waals surface area (Å²) < 4.78 is 27.5. The zero-order valence-electron chi connectivity index (χ0n) is 14.1. The molecular formula is C19H15ClN4O2S. The summed E-state index contributed by atoms with van der Waals surface area (Å²) in [7, 11) is -3.63. The third-order valence-corrected chi connectivity index (χ3v) is 5.58. The molecule has 0 spiro atoms. The van der Waals surface area contributed by atoms with Crippen LogP contribution < -0.4 is 4.72 Å². The van der Waals surface area contributed by atoms with Gasteiger partial charge in [0.25, 0.3) is 0 Å². The van der Waals surface area contributed by atoms with Crippen LogP contribution in [0.1, 0.15) is 5.56 Å². The van der Waals surface area contributed by atoms with Crippen molar-refractivity contribution < 1.29 is 8.42 Å². The van der Waals surface area contributed by atoms with Crippen LogP contribution in [0.5, 0.6) is 0 Å². The van der Waals surface area contributed by atoms with Crippen LogP contribution in [-0.4, -0.2) is 23.4 Å². The van der Waals surface area contributed by atoms with Crippen molar-refractivity contribution in [2.24, 2.45) is 0 Å². The smallest absolute Gasteiger partial charge is 0.237 e. The lowest BCUT2D eigenvalue weighted by molar-refractivity contribution is 0.600. The summed E-state index contributed by atoms with van der Waals surface area (Å²) in [5, 5.41) is 1.04. The van der Waals surface area contributed by atoms with Crippen LogP contribution in [0, 0.1) is 0 Å². The standard InChI is InChI=1S/C19H15ClN4O2S/c20-18-17(24-27(25,26)12-13-4-2-1-3-5-13)9-16(10-22-18)15-8-14-6-7-21-19(14)23-11-15/h1-11,24H,12H2,(H,21,23). The Morgan fingerprint density at radius 1 is 1.00 bits per heavy atom. The first-order valence-corrected chi connectivity index (χ1v) is 10.2. The van der Waals surface area contributed by atoms with Gasteiger partial charge in [0, 0.05) is 35.1 Å². The van der Waals surface area contributed by atoms with E-state index in [1.165, 1.54) is 0 Å². The number of halogens is 1. The first kappa shape index (κ1) is 17.5. The molecule has 136 valence electrons. The third-order valence-electron chi connectivity index (χ3n) is 4.04. The molecule has 3 aromatic heterocycles. The maximum Gasteiger partial charge on any atom is 0.237 e. The number of hydrogen-bond donors (Lipinski definition) is 2. The fourth-order valence-electron chi connectivity index (χ4n) is 2.77. The van der Waals surface area contributed by atoms with Gasteiger partial charge in [0.15, 0.2) is 5.15 Å². The van der Waals surface area contributed by atoms with E-state index >= 15 is 0 Å². The van der Waals surface area contributed by atoms with Gasteiger partial charge in [-0.3, -0.25) is 4.72 Å². The van der Waals surface area contributed by atoms with Crippen molar-refractivity contribution in [3.05, 3.63) is 77.8 Å². The fraction of sp³-hybridized carbons (Fsp3) is 0.0526. The molecule has 0 radical (unpaired) electrons. The van der Waals surface area contributed by atoms with Gasteiger partial charge in [-0.2, -0.15) is 0 Å². The Bertz CT molecular complexity index is 1210. The van der Waals surface area contributed by atoms with Crippen LogP contribution in [0.3, 0.4) is 0 Å². The molecule has 2 N–H and O–H groups in total. The van der Waals surface area contributed by atoms with Gasteiger partial charge in [0.1, 0.15) is 5.65 Å². The zero-order valence-corrected chi connectivity index (χ0v) is 15.6. The molecule has 0 unspecified atom stereocenters. The Morgan fingerprint density at radius 2 is 1.74 bits per heavy atom. The van der Waals surface area contributed by atoms with Crippen LogP contribution in [0.25, 0.3) is 22.2 Å². The van der Waals surface area contributed by atoms with E-state index in [1.54, 1.807) is 42.7 Å². The fourth-order valence-corrected chi connectivity index (χ4v) is 4.17. The minimum absolute atomic E-state index is 0.0890. The topological polar surface area (TPSA) is 87.7 Å². The van der Waals surface area contributed by atoms with Gasteiger partial charge in [0.05, 0.1) is 11.4 Å². The van der Waals surface area contributed by atoms with Gasteiger partial charge in [-0.15, -0.1) is 0 Å². The van der Waals surface area contributed by atoms with Crippen LogP contribution in [0.15, 0.2) is 67.1 Å². The molecule has 0 saturated carbocycles. The molecule has 0 atom stereocenters. The van der Waals surface area contributed by atoms with Gasteiger partial charge in [-0.25, -0.2) is 18.4 Å². The predicted molar refractivity (Wildman–Crippen MR) is 107 cm³/mol. The molecule has 3 heterocycles. The number of nitrogens with one attached hydrogen (secondary N) is 2. The molecule has 0 aliphatic rings. The maximum atomic E-state index is 12.5. The van der Waals surface area contributed by atoms with E-state index in [9.17, 15) is 8.42 Å². The number of H-pyrrole nitrogens is 1. The molecule has 0 aliphatic carbocycles. The first-order chi connectivity index (χ1) is 13.0. The van der Waals surface area contributed by atoms with Crippen molar-refractivity contribution in [1.29, 1.82) is 0 Å². The van der Waals surface area contributed by atoms with Crippen LogP contribution in [0.2, 0.25) is 5.15 Å². The third kappa shape index (κ3) is 3.94. The average molecular weight is 399 g/mol. The summed E-state index contributed by atoms with van der Waals surface area (Å²) in [5.74, 6) is -0.148. The molecule has 0 bridgehead atoms. The van der Waals surface area contributed by atoms with E-state index in [2.05, 4.69) is 19.7 Å². The van der Waals surface area contributed by atoms with E-state index in [0.29, 0.717) is 11.1 Å². The second-order valence-electron chi connectivity index (χ2n) is 6.05.